The Morgan fingerprint density at radius 2 is 2.00 bits per heavy atom. The van der Waals surface area contributed by atoms with Crippen molar-refractivity contribution < 1.29 is 4.74 Å². The van der Waals surface area contributed by atoms with Gasteiger partial charge in [0.2, 0.25) is 0 Å². The third kappa shape index (κ3) is 3.76. The maximum absolute atomic E-state index is 5.59. The van der Waals surface area contributed by atoms with Crippen molar-refractivity contribution in [3.05, 3.63) is 29.3 Å². The van der Waals surface area contributed by atoms with Crippen LogP contribution in [0.4, 0.5) is 0 Å². The Labute approximate surface area is 123 Å². The molecule has 3 unspecified atom stereocenters. The van der Waals surface area contributed by atoms with Gasteiger partial charge in [0.05, 0.1) is 6.61 Å². The molecule has 1 aliphatic rings. The predicted molar refractivity (Wildman–Crippen MR) is 85.3 cm³/mol. The fourth-order valence-corrected chi connectivity index (χ4v) is 3.05. The van der Waals surface area contributed by atoms with E-state index < -0.39 is 0 Å². The molecule has 0 bridgehead atoms. The van der Waals surface area contributed by atoms with Crippen molar-refractivity contribution in [2.75, 3.05) is 6.61 Å². The van der Waals surface area contributed by atoms with Gasteiger partial charge in [-0.05, 0) is 42.9 Å². The lowest BCUT2D eigenvalue weighted by atomic mass is 9.96. The third-order valence-electron chi connectivity index (χ3n) is 4.46. The van der Waals surface area contributed by atoms with Crippen molar-refractivity contribution in [3.63, 3.8) is 0 Å². The molecule has 1 heterocycles. The SMILES string of the molecule is CCC(C)CC(C)NC(CC)c1ccc2c(c1)CCO2. The smallest absolute Gasteiger partial charge is 0.122 e. The van der Waals surface area contributed by atoms with Crippen molar-refractivity contribution >= 4 is 0 Å². The summed E-state index contributed by atoms with van der Waals surface area (Å²) in [4.78, 5) is 0. The predicted octanol–water partition coefficient (Wildman–Crippen LogP) is 4.49. The number of hydrogen-bond donors (Lipinski definition) is 1. The summed E-state index contributed by atoms with van der Waals surface area (Å²) in [7, 11) is 0. The monoisotopic (exact) mass is 275 g/mol. The summed E-state index contributed by atoms with van der Waals surface area (Å²) in [5.74, 6) is 1.87. The third-order valence-corrected chi connectivity index (χ3v) is 4.46. The van der Waals surface area contributed by atoms with Gasteiger partial charge in [-0.25, -0.2) is 0 Å². The van der Waals surface area contributed by atoms with E-state index in [0.717, 1.165) is 31.1 Å². The number of ether oxygens (including phenoxy) is 1. The molecule has 2 rings (SSSR count). The van der Waals surface area contributed by atoms with Gasteiger partial charge in [0.15, 0.2) is 0 Å². The van der Waals surface area contributed by atoms with Crippen LogP contribution in [0.25, 0.3) is 0 Å². The van der Waals surface area contributed by atoms with Gasteiger partial charge in [0.1, 0.15) is 5.75 Å². The lowest BCUT2D eigenvalue weighted by molar-refractivity contribution is 0.356. The molecule has 0 fully saturated rings. The van der Waals surface area contributed by atoms with Crippen LogP contribution >= 0.6 is 0 Å². The van der Waals surface area contributed by atoms with Crippen LogP contribution < -0.4 is 10.1 Å². The van der Waals surface area contributed by atoms with Crippen LogP contribution in [0, 0.1) is 5.92 Å². The molecule has 3 atom stereocenters. The number of rotatable bonds is 7. The van der Waals surface area contributed by atoms with E-state index in [2.05, 4.69) is 51.2 Å². The number of fused-ring (bicyclic) bond motifs is 1. The van der Waals surface area contributed by atoms with Gasteiger partial charge < -0.3 is 10.1 Å². The molecule has 20 heavy (non-hydrogen) atoms. The van der Waals surface area contributed by atoms with E-state index in [-0.39, 0.29) is 0 Å². The second kappa shape index (κ2) is 7.12. The van der Waals surface area contributed by atoms with Gasteiger partial charge in [-0.15, -0.1) is 0 Å². The van der Waals surface area contributed by atoms with E-state index in [1.165, 1.54) is 24.0 Å². The molecule has 1 aromatic carbocycles. The highest BCUT2D eigenvalue weighted by Crippen LogP contribution is 2.29. The first-order valence-electron chi connectivity index (χ1n) is 8.15. The molecule has 0 aromatic heterocycles. The molecule has 1 aliphatic heterocycles. The van der Waals surface area contributed by atoms with E-state index in [4.69, 9.17) is 4.74 Å². The van der Waals surface area contributed by atoms with Crippen molar-refractivity contribution in [1.29, 1.82) is 0 Å². The zero-order valence-corrected chi connectivity index (χ0v) is 13.4. The Kier molecular flexibility index (Phi) is 5.47. The highest BCUT2D eigenvalue weighted by molar-refractivity contribution is 5.40. The number of nitrogens with one attached hydrogen (secondary N) is 1. The van der Waals surface area contributed by atoms with Crippen molar-refractivity contribution in [1.82, 2.24) is 5.32 Å². The molecule has 112 valence electrons. The molecular formula is C18H29NO. The molecule has 0 saturated heterocycles. The largest absolute Gasteiger partial charge is 0.493 e. The lowest BCUT2D eigenvalue weighted by Crippen LogP contribution is -2.31. The number of hydrogen-bond acceptors (Lipinski definition) is 2. The standard InChI is InChI=1S/C18H29NO/c1-5-13(3)11-14(4)19-17(6-2)15-7-8-18-16(12-15)9-10-20-18/h7-8,12-14,17,19H,5-6,9-11H2,1-4H3. The van der Waals surface area contributed by atoms with Crippen molar-refractivity contribution in [3.8, 4) is 5.75 Å². The van der Waals surface area contributed by atoms with Crippen LogP contribution in [0.2, 0.25) is 0 Å². The maximum atomic E-state index is 5.59. The molecular weight excluding hydrogens is 246 g/mol. The zero-order valence-electron chi connectivity index (χ0n) is 13.4. The quantitative estimate of drug-likeness (QED) is 0.792. The zero-order chi connectivity index (χ0) is 14.5. The topological polar surface area (TPSA) is 21.3 Å². The summed E-state index contributed by atoms with van der Waals surface area (Å²) in [5.41, 5.74) is 2.78. The average molecular weight is 275 g/mol. The van der Waals surface area contributed by atoms with Gasteiger partial charge in [-0.1, -0.05) is 39.3 Å². The summed E-state index contributed by atoms with van der Waals surface area (Å²) in [6, 6.07) is 7.72. The lowest BCUT2D eigenvalue weighted by Gasteiger charge is -2.25. The highest BCUT2D eigenvalue weighted by Gasteiger charge is 2.18. The van der Waals surface area contributed by atoms with Crippen LogP contribution in [-0.2, 0) is 6.42 Å². The molecule has 0 saturated carbocycles. The minimum absolute atomic E-state index is 0.458. The Hall–Kier alpha value is -1.02. The molecule has 2 nitrogen and oxygen atoms in total. The fourth-order valence-electron chi connectivity index (χ4n) is 3.05. The van der Waals surface area contributed by atoms with Crippen molar-refractivity contribution in [2.45, 2.75) is 65.5 Å². The summed E-state index contributed by atoms with van der Waals surface area (Å²) < 4.78 is 5.59. The molecule has 0 spiro atoms. The highest BCUT2D eigenvalue weighted by atomic mass is 16.5. The second-order valence-corrected chi connectivity index (χ2v) is 6.24. The summed E-state index contributed by atoms with van der Waals surface area (Å²) >= 11 is 0. The van der Waals surface area contributed by atoms with Crippen LogP contribution in [-0.4, -0.2) is 12.6 Å². The summed E-state index contributed by atoms with van der Waals surface area (Å²) in [6.45, 7) is 10.0. The molecule has 0 radical (unpaired) electrons. The van der Waals surface area contributed by atoms with E-state index in [1.807, 2.05) is 0 Å². The van der Waals surface area contributed by atoms with Crippen LogP contribution in [0.3, 0.4) is 0 Å². The first kappa shape index (κ1) is 15.4. The Bertz CT molecular complexity index is 429. The first-order valence-corrected chi connectivity index (χ1v) is 8.15. The van der Waals surface area contributed by atoms with Gasteiger partial charge in [0.25, 0.3) is 0 Å². The normalized spacial score (nSPS) is 18.2. The van der Waals surface area contributed by atoms with E-state index >= 15 is 0 Å². The molecule has 1 N–H and O–H groups in total. The molecule has 1 aromatic rings. The van der Waals surface area contributed by atoms with Gasteiger partial charge in [-0.2, -0.15) is 0 Å². The van der Waals surface area contributed by atoms with Gasteiger partial charge in [0, 0.05) is 18.5 Å². The van der Waals surface area contributed by atoms with Crippen LogP contribution in [0.1, 0.15) is 64.1 Å². The second-order valence-electron chi connectivity index (χ2n) is 6.24. The fraction of sp³-hybridized carbons (Fsp3) is 0.667. The Balaban J connectivity index is 2.01. The van der Waals surface area contributed by atoms with Gasteiger partial charge >= 0.3 is 0 Å². The first-order chi connectivity index (χ1) is 9.63. The minimum atomic E-state index is 0.458. The maximum Gasteiger partial charge on any atom is 0.122 e. The summed E-state index contributed by atoms with van der Waals surface area (Å²) in [6.07, 6.45) is 4.70. The Morgan fingerprint density at radius 1 is 1.20 bits per heavy atom. The summed E-state index contributed by atoms with van der Waals surface area (Å²) in [5, 5.41) is 3.80. The van der Waals surface area contributed by atoms with E-state index in [1.54, 1.807) is 0 Å². The molecule has 0 amide bonds. The molecule has 2 heteroatoms. The van der Waals surface area contributed by atoms with Crippen LogP contribution in [0.15, 0.2) is 18.2 Å². The number of benzene rings is 1. The Morgan fingerprint density at radius 3 is 2.70 bits per heavy atom. The van der Waals surface area contributed by atoms with E-state index in [0.29, 0.717) is 12.1 Å². The minimum Gasteiger partial charge on any atom is -0.493 e. The van der Waals surface area contributed by atoms with Crippen LogP contribution in [0.5, 0.6) is 5.75 Å². The molecule has 0 aliphatic carbocycles. The van der Waals surface area contributed by atoms with Crippen molar-refractivity contribution in [2.24, 2.45) is 5.92 Å². The van der Waals surface area contributed by atoms with Gasteiger partial charge in [-0.3, -0.25) is 0 Å². The van der Waals surface area contributed by atoms with E-state index in [9.17, 15) is 0 Å². The average Bonchev–Trinajstić information content (AvgIpc) is 2.91.